The van der Waals surface area contributed by atoms with Crippen LogP contribution in [0.3, 0.4) is 0 Å². The third-order valence-electron chi connectivity index (χ3n) is 7.89. The second kappa shape index (κ2) is 8.40. The minimum Gasteiger partial charge on any atom is -0.466 e. The maximum Gasteiger partial charge on any atom is 0.312 e. The van der Waals surface area contributed by atoms with Crippen LogP contribution in [0.1, 0.15) is 44.7 Å². The predicted octanol–water partition coefficient (Wildman–Crippen LogP) is 2.20. The molecule has 180 valence electrons. The van der Waals surface area contributed by atoms with Crippen molar-refractivity contribution in [1.29, 1.82) is 0 Å². The lowest BCUT2D eigenvalue weighted by Gasteiger charge is -2.35. The summed E-state index contributed by atoms with van der Waals surface area (Å²) in [6.45, 7) is 9.74. The van der Waals surface area contributed by atoms with E-state index in [1.807, 2.05) is 45.9 Å². The molecule has 2 bridgehead atoms. The Labute approximate surface area is 194 Å². The summed E-state index contributed by atoms with van der Waals surface area (Å²) >= 11 is 0. The van der Waals surface area contributed by atoms with E-state index >= 15 is 0 Å². The number of carbonyl (C=O) groups excluding carboxylic acids is 3. The van der Waals surface area contributed by atoms with Crippen molar-refractivity contribution < 1.29 is 29.0 Å². The van der Waals surface area contributed by atoms with Crippen LogP contribution in [-0.4, -0.2) is 64.8 Å². The van der Waals surface area contributed by atoms with Gasteiger partial charge >= 0.3 is 5.97 Å². The fourth-order valence-corrected chi connectivity index (χ4v) is 6.31. The lowest BCUT2D eigenvalue weighted by atomic mass is 9.62. The van der Waals surface area contributed by atoms with Gasteiger partial charge in [-0.1, -0.05) is 25.1 Å². The summed E-state index contributed by atoms with van der Waals surface area (Å²) in [6, 6.07) is 4.87. The molecule has 3 aliphatic rings. The molecule has 2 N–H and O–H groups in total. The first-order valence-corrected chi connectivity index (χ1v) is 11.8. The summed E-state index contributed by atoms with van der Waals surface area (Å²) in [5.74, 6) is -2.66. The van der Waals surface area contributed by atoms with Crippen molar-refractivity contribution in [3.05, 3.63) is 29.3 Å². The quantitative estimate of drug-likeness (QED) is 0.607. The van der Waals surface area contributed by atoms with E-state index in [-0.39, 0.29) is 37.5 Å². The molecule has 1 aromatic rings. The first-order chi connectivity index (χ1) is 15.6. The summed E-state index contributed by atoms with van der Waals surface area (Å²) in [5.41, 5.74) is 0.562. The highest BCUT2D eigenvalue weighted by atomic mass is 16.6. The number of nitrogens with one attached hydrogen (secondary N) is 1. The van der Waals surface area contributed by atoms with Gasteiger partial charge in [-0.05, 0) is 57.6 Å². The van der Waals surface area contributed by atoms with Crippen LogP contribution in [0.4, 0.5) is 5.69 Å². The van der Waals surface area contributed by atoms with Crippen molar-refractivity contribution in [2.45, 2.75) is 64.7 Å². The summed E-state index contributed by atoms with van der Waals surface area (Å²) < 4.78 is 11.9. The molecule has 8 heteroatoms. The molecule has 6 atom stereocenters. The molecule has 8 nitrogen and oxygen atoms in total. The van der Waals surface area contributed by atoms with Crippen LogP contribution in [-0.2, 0) is 23.9 Å². The Morgan fingerprint density at radius 3 is 2.58 bits per heavy atom. The van der Waals surface area contributed by atoms with Crippen molar-refractivity contribution in [3.8, 4) is 0 Å². The van der Waals surface area contributed by atoms with E-state index in [9.17, 15) is 19.5 Å². The van der Waals surface area contributed by atoms with Gasteiger partial charge in [0, 0.05) is 18.8 Å². The number of aliphatic hydroxyl groups excluding tert-OH is 1. The first kappa shape index (κ1) is 23.7. The van der Waals surface area contributed by atoms with Crippen LogP contribution in [0.25, 0.3) is 0 Å². The zero-order valence-electron chi connectivity index (χ0n) is 20.0. The molecule has 2 amide bonds. The van der Waals surface area contributed by atoms with Crippen molar-refractivity contribution in [2.75, 3.05) is 25.1 Å². The van der Waals surface area contributed by atoms with Crippen LogP contribution < -0.4 is 5.32 Å². The first-order valence-electron chi connectivity index (χ1n) is 11.8. The molecule has 3 unspecified atom stereocenters. The number of rotatable bonds is 7. The van der Waals surface area contributed by atoms with Gasteiger partial charge in [0.1, 0.15) is 17.6 Å². The van der Waals surface area contributed by atoms with Gasteiger partial charge in [-0.2, -0.15) is 0 Å². The number of fused-ring (bicyclic) bond motifs is 1. The molecule has 0 aromatic heterocycles. The predicted molar refractivity (Wildman–Crippen MR) is 121 cm³/mol. The van der Waals surface area contributed by atoms with Crippen molar-refractivity contribution in [2.24, 2.45) is 17.8 Å². The molecule has 3 saturated heterocycles. The number of ether oxygens (including phenoxy) is 2. The number of aliphatic hydroxyl groups is 1. The second-order valence-corrected chi connectivity index (χ2v) is 9.82. The number of hydrogen-bond acceptors (Lipinski definition) is 6. The highest BCUT2D eigenvalue weighted by molar-refractivity contribution is 6.04. The smallest absolute Gasteiger partial charge is 0.312 e. The second-order valence-electron chi connectivity index (χ2n) is 9.82. The molecule has 3 aliphatic heterocycles. The van der Waals surface area contributed by atoms with Gasteiger partial charge in [0.2, 0.25) is 11.8 Å². The molecular weight excluding hydrogens is 424 g/mol. The van der Waals surface area contributed by atoms with Crippen LogP contribution in [0, 0.1) is 31.6 Å². The number of hydrogen-bond donors (Lipinski definition) is 2. The zero-order valence-corrected chi connectivity index (χ0v) is 20.0. The molecule has 0 aliphatic carbocycles. The normalized spacial score (nSPS) is 34.5. The van der Waals surface area contributed by atoms with E-state index in [0.29, 0.717) is 18.5 Å². The number of anilines is 1. The van der Waals surface area contributed by atoms with Gasteiger partial charge in [0.05, 0.1) is 18.1 Å². The highest BCUT2D eigenvalue weighted by Gasteiger charge is 2.80. The Morgan fingerprint density at radius 1 is 1.30 bits per heavy atom. The van der Waals surface area contributed by atoms with Gasteiger partial charge in [-0.25, -0.2) is 0 Å². The van der Waals surface area contributed by atoms with E-state index in [1.54, 1.807) is 6.92 Å². The number of carbonyl (C=O) groups is 3. The zero-order chi connectivity index (χ0) is 24.1. The fourth-order valence-electron chi connectivity index (χ4n) is 6.31. The molecule has 3 heterocycles. The molecular formula is C25H34N2O6. The molecule has 33 heavy (non-hydrogen) atoms. The lowest BCUT2D eigenvalue weighted by Crippen LogP contribution is -2.54. The van der Waals surface area contributed by atoms with E-state index in [4.69, 9.17) is 9.47 Å². The number of likely N-dealkylation sites (tertiary alicyclic amines) is 1. The molecule has 1 aromatic carbocycles. The van der Waals surface area contributed by atoms with Gasteiger partial charge in [-0.15, -0.1) is 0 Å². The Kier molecular flexibility index (Phi) is 6.03. The maximum atomic E-state index is 13.8. The number of para-hydroxylation sites is 1. The number of esters is 1. The van der Waals surface area contributed by atoms with E-state index < -0.39 is 35.0 Å². The number of amides is 2. The van der Waals surface area contributed by atoms with E-state index in [1.165, 1.54) is 4.90 Å². The third kappa shape index (κ3) is 3.37. The minimum atomic E-state index is -1.11. The van der Waals surface area contributed by atoms with Crippen molar-refractivity contribution >= 4 is 23.5 Å². The molecule has 3 fully saturated rings. The SMILES string of the molecule is CCOC(=O)[C@H]1[C@H]2C(=O)N(CCCO)C(C(=O)Nc3c(C)cccc3C)C23CC(C)[C@]1(C)O3. The van der Waals surface area contributed by atoms with Crippen molar-refractivity contribution in [1.82, 2.24) is 4.90 Å². The van der Waals surface area contributed by atoms with Crippen LogP contribution in [0.5, 0.6) is 0 Å². The maximum absolute atomic E-state index is 13.8. The van der Waals surface area contributed by atoms with Crippen LogP contribution >= 0.6 is 0 Å². The minimum absolute atomic E-state index is 0.0377. The number of nitrogens with zero attached hydrogens (tertiary/aromatic N) is 1. The number of aryl methyl sites for hydroxylation is 2. The van der Waals surface area contributed by atoms with Crippen LogP contribution in [0.15, 0.2) is 18.2 Å². The average molecular weight is 459 g/mol. The van der Waals surface area contributed by atoms with Crippen molar-refractivity contribution in [3.63, 3.8) is 0 Å². The highest BCUT2D eigenvalue weighted by Crippen LogP contribution is 2.65. The Balaban J connectivity index is 1.77. The summed E-state index contributed by atoms with van der Waals surface area (Å²) in [6.07, 6.45) is 0.828. The van der Waals surface area contributed by atoms with Gasteiger partial charge in [0.15, 0.2) is 0 Å². The van der Waals surface area contributed by atoms with Crippen LogP contribution in [0.2, 0.25) is 0 Å². The molecule has 0 saturated carbocycles. The molecule has 1 spiro atoms. The standard InChI is InChI=1S/C25H34N2O6/c1-6-32-23(31)18-17-22(30)27(11-8-12-28)20(25(17)13-16(4)24(18,5)33-25)21(29)26-19-14(2)9-7-10-15(19)3/h7,9-10,16-18,20,28H,6,8,11-13H2,1-5H3,(H,26,29)/t16?,17-,18+,20?,24-,25?/m0/s1. The van der Waals surface area contributed by atoms with Gasteiger partial charge in [-0.3, -0.25) is 14.4 Å². The monoisotopic (exact) mass is 458 g/mol. The topological polar surface area (TPSA) is 105 Å². The Hall–Kier alpha value is -2.45. The fraction of sp³-hybridized carbons (Fsp3) is 0.640. The molecule has 0 radical (unpaired) electrons. The van der Waals surface area contributed by atoms with Gasteiger partial charge < -0.3 is 24.8 Å². The van der Waals surface area contributed by atoms with Gasteiger partial charge in [0.25, 0.3) is 0 Å². The Bertz CT molecular complexity index is 959. The van der Waals surface area contributed by atoms with E-state index in [0.717, 1.165) is 11.1 Å². The summed E-state index contributed by atoms with van der Waals surface area (Å²) in [5, 5.41) is 12.5. The third-order valence-corrected chi connectivity index (χ3v) is 7.89. The number of benzene rings is 1. The lowest BCUT2D eigenvalue weighted by molar-refractivity contribution is -0.160. The molecule has 4 rings (SSSR count). The van der Waals surface area contributed by atoms with E-state index in [2.05, 4.69) is 5.32 Å². The summed E-state index contributed by atoms with van der Waals surface area (Å²) in [4.78, 5) is 42.1. The summed E-state index contributed by atoms with van der Waals surface area (Å²) in [7, 11) is 0. The Morgan fingerprint density at radius 2 is 1.97 bits per heavy atom. The average Bonchev–Trinajstić information content (AvgIpc) is 3.26. The largest absolute Gasteiger partial charge is 0.466 e.